The first-order chi connectivity index (χ1) is 11.5. The maximum absolute atomic E-state index is 12.2. The van der Waals surface area contributed by atoms with Gasteiger partial charge < -0.3 is 15.4 Å². The molecule has 0 bridgehead atoms. The molecule has 3 atom stereocenters. The van der Waals surface area contributed by atoms with Gasteiger partial charge in [-0.1, -0.05) is 38.8 Å². The summed E-state index contributed by atoms with van der Waals surface area (Å²) in [6, 6.07) is 7.31. The van der Waals surface area contributed by atoms with Gasteiger partial charge in [0.1, 0.15) is 5.75 Å². The van der Waals surface area contributed by atoms with Gasteiger partial charge in [0.2, 0.25) is 5.91 Å². The summed E-state index contributed by atoms with van der Waals surface area (Å²) in [6.07, 6.45) is 3.74. The maximum atomic E-state index is 12.2. The van der Waals surface area contributed by atoms with Gasteiger partial charge in [-0.25, -0.2) is 0 Å². The zero-order chi connectivity index (χ0) is 17.5. The van der Waals surface area contributed by atoms with Crippen molar-refractivity contribution in [3.8, 4) is 5.75 Å². The molecule has 0 aliphatic heterocycles. The van der Waals surface area contributed by atoms with E-state index >= 15 is 0 Å². The minimum atomic E-state index is -0.222. The number of para-hydroxylation sites is 1. The smallest absolute Gasteiger partial charge is 0.255 e. The lowest BCUT2D eigenvalue weighted by molar-refractivity contribution is -0.122. The summed E-state index contributed by atoms with van der Waals surface area (Å²) in [5.41, 5.74) is 0.482. The van der Waals surface area contributed by atoms with Crippen LogP contribution < -0.4 is 15.4 Å². The molecule has 1 saturated carbocycles. The monoisotopic (exact) mass is 332 g/mol. The maximum Gasteiger partial charge on any atom is 0.255 e. The van der Waals surface area contributed by atoms with E-state index in [0.29, 0.717) is 36.1 Å². The molecule has 1 fully saturated rings. The van der Waals surface area contributed by atoms with Crippen molar-refractivity contribution in [2.24, 2.45) is 11.8 Å². The van der Waals surface area contributed by atoms with Crippen LogP contribution in [0.1, 0.15) is 49.9 Å². The highest BCUT2D eigenvalue weighted by molar-refractivity contribution is 5.97. The van der Waals surface area contributed by atoms with Crippen LogP contribution in [-0.4, -0.2) is 31.5 Å². The lowest BCUT2D eigenvalue weighted by Crippen LogP contribution is -2.44. The van der Waals surface area contributed by atoms with Gasteiger partial charge in [-0.2, -0.15) is 0 Å². The van der Waals surface area contributed by atoms with Crippen molar-refractivity contribution in [3.05, 3.63) is 29.8 Å². The molecule has 2 N–H and O–H groups in total. The van der Waals surface area contributed by atoms with Crippen LogP contribution in [0.25, 0.3) is 0 Å². The van der Waals surface area contributed by atoms with Gasteiger partial charge in [-0.05, 0) is 30.4 Å². The lowest BCUT2D eigenvalue weighted by Gasteiger charge is -2.34. The number of benzene rings is 1. The van der Waals surface area contributed by atoms with E-state index in [-0.39, 0.29) is 17.9 Å². The lowest BCUT2D eigenvalue weighted by atomic mass is 9.78. The molecule has 1 aliphatic rings. The Morgan fingerprint density at radius 1 is 1.21 bits per heavy atom. The summed E-state index contributed by atoms with van der Waals surface area (Å²) in [5.74, 6) is 1.46. The van der Waals surface area contributed by atoms with Gasteiger partial charge in [0.25, 0.3) is 5.91 Å². The average Bonchev–Trinajstić information content (AvgIpc) is 2.58. The third-order valence-corrected chi connectivity index (χ3v) is 5.04. The van der Waals surface area contributed by atoms with Gasteiger partial charge in [-0.3, -0.25) is 9.59 Å². The van der Waals surface area contributed by atoms with Crippen LogP contribution in [0, 0.1) is 11.8 Å². The van der Waals surface area contributed by atoms with Gasteiger partial charge in [0.15, 0.2) is 0 Å². The van der Waals surface area contributed by atoms with Crippen molar-refractivity contribution < 1.29 is 14.3 Å². The molecule has 0 saturated heterocycles. The van der Waals surface area contributed by atoms with Crippen molar-refractivity contribution in [2.75, 3.05) is 13.7 Å². The van der Waals surface area contributed by atoms with E-state index in [1.807, 2.05) is 6.07 Å². The highest BCUT2D eigenvalue weighted by atomic mass is 16.5. The number of methoxy groups -OCH3 is 1. The number of nitrogens with one attached hydrogen (secondary N) is 2. The number of carbonyl (C=O) groups is 2. The molecule has 0 heterocycles. The number of amides is 2. The molecule has 132 valence electrons. The molecule has 2 rings (SSSR count). The molecule has 5 heteroatoms. The fourth-order valence-corrected chi connectivity index (χ4v) is 3.28. The third kappa shape index (κ3) is 4.73. The van der Waals surface area contributed by atoms with Gasteiger partial charge in [-0.15, -0.1) is 0 Å². The normalized spacial score (nSPS) is 23.4. The van der Waals surface area contributed by atoms with Crippen LogP contribution in [-0.2, 0) is 4.79 Å². The van der Waals surface area contributed by atoms with E-state index in [2.05, 4.69) is 24.5 Å². The summed E-state index contributed by atoms with van der Waals surface area (Å²) in [4.78, 5) is 24.3. The second-order valence-corrected chi connectivity index (χ2v) is 6.65. The Hall–Kier alpha value is -2.04. The first-order valence-corrected chi connectivity index (χ1v) is 8.73. The number of rotatable bonds is 6. The molecular weight excluding hydrogens is 304 g/mol. The molecule has 24 heavy (non-hydrogen) atoms. The summed E-state index contributed by atoms with van der Waals surface area (Å²) >= 11 is 0. The molecule has 0 spiro atoms. The SMILES string of the molecule is COc1ccccc1C(=O)NCCC(=O)N[C@H]1CCC[C@H](C)[C@H]1C. The van der Waals surface area contributed by atoms with Crippen molar-refractivity contribution >= 4 is 11.8 Å². The number of hydrogen-bond acceptors (Lipinski definition) is 3. The second kappa shape index (κ2) is 8.71. The molecule has 0 unspecified atom stereocenters. The van der Waals surface area contributed by atoms with E-state index < -0.39 is 0 Å². The van der Waals surface area contributed by atoms with E-state index in [4.69, 9.17) is 4.74 Å². The predicted octanol–water partition coefficient (Wildman–Crippen LogP) is 2.76. The van der Waals surface area contributed by atoms with Crippen LogP contribution >= 0.6 is 0 Å². The summed E-state index contributed by atoms with van der Waals surface area (Å²) in [5, 5.41) is 5.90. The van der Waals surface area contributed by atoms with E-state index in [1.165, 1.54) is 20.0 Å². The molecule has 0 radical (unpaired) electrons. The third-order valence-electron chi connectivity index (χ3n) is 5.04. The average molecular weight is 332 g/mol. The predicted molar refractivity (Wildman–Crippen MR) is 94.1 cm³/mol. The van der Waals surface area contributed by atoms with Crippen molar-refractivity contribution in [3.63, 3.8) is 0 Å². The van der Waals surface area contributed by atoms with Crippen molar-refractivity contribution in [2.45, 2.75) is 45.6 Å². The molecule has 0 aromatic heterocycles. The largest absolute Gasteiger partial charge is 0.496 e. The van der Waals surface area contributed by atoms with E-state index in [9.17, 15) is 9.59 Å². The van der Waals surface area contributed by atoms with E-state index in [0.717, 1.165) is 6.42 Å². The van der Waals surface area contributed by atoms with Crippen LogP contribution in [0.2, 0.25) is 0 Å². The van der Waals surface area contributed by atoms with Crippen molar-refractivity contribution in [1.29, 1.82) is 0 Å². The second-order valence-electron chi connectivity index (χ2n) is 6.65. The minimum Gasteiger partial charge on any atom is -0.496 e. The summed E-state index contributed by atoms with van der Waals surface area (Å²) in [7, 11) is 1.53. The number of ether oxygens (including phenoxy) is 1. The standard InChI is InChI=1S/C19H28N2O3/c1-13-7-6-9-16(14(13)2)21-18(22)11-12-20-19(23)15-8-4-5-10-17(15)24-3/h4-5,8,10,13-14,16H,6-7,9,11-12H2,1-3H3,(H,20,23)(H,21,22)/t13-,14+,16-/m0/s1. The Balaban J connectivity index is 1.77. The highest BCUT2D eigenvalue weighted by Crippen LogP contribution is 2.29. The fourth-order valence-electron chi connectivity index (χ4n) is 3.28. The van der Waals surface area contributed by atoms with Gasteiger partial charge in [0.05, 0.1) is 12.7 Å². The topological polar surface area (TPSA) is 67.4 Å². The van der Waals surface area contributed by atoms with E-state index in [1.54, 1.807) is 18.2 Å². The van der Waals surface area contributed by atoms with Gasteiger partial charge >= 0.3 is 0 Å². The molecule has 2 amide bonds. The Morgan fingerprint density at radius 3 is 2.71 bits per heavy atom. The van der Waals surface area contributed by atoms with Crippen LogP contribution in [0.3, 0.4) is 0 Å². The molecule has 5 nitrogen and oxygen atoms in total. The zero-order valence-electron chi connectivity index (χ0n) is 14.8. The highest BCUT2D eigenvalue weighted by Gasteiger charge is 2.27. The number of carbonyl (C=O) groups excluding carboxylic acids is 2. The zero-order valence-corrected chi connectivity index (χ0v) is 14.8. The van der Waals surface area contributed by atoms with Crippen LogP contribution in [0.15, 0.2) is 24.3 Å². The molecule has 1 aromatic carbocycles. The Labute approximate surface area is 144 Å². The number of hydrogen-bond donors (Lipinski definition) is 2. The molecule has 1 aromatic rings. The summed E-state index contributed by atoms with van der Waals surface area (Å²) in [6.45, 7) is 4.77. The Bertz CT molecular complexity index is 573. The Morgan fingerprint density at radius 2 is 1.96 bits per heavy atom. The van der Waals surface area contributed by atoms with Crippen LogP contribution in [0.5, 0.6) is 5.75 Å². The molecule has 1 aliphatic carbocycles. The first kappa shape index (κ1) is 18.3. The molecular formula is C19H28N2O3. The van der Waals surface area contributed by atoms with Crippen LogP contribution in [0.4, 0.5) is 0 Å². The Kier molecular flexibility index (Phi) is 6.64. The first-order valence-electron chi connectivity index (χ1n) is 8.73. The quantitative estimate of drug-likeness (QED) is 0.842. The fraction of sp³-hybridized carbons (Fsp3) is 0.579. The summed E-state index contributed by atoms with van der Waals surface area (Å²) < 4.78 is 5.18. The van der Waals surface area contributed by atoms with Gasteiger partial charge in [0, 0.05) is 19.0 Å². The van der Waals surface area contributed by atoms with Crippen molar-refractivity contribution in [1.82, 2.24) is 10.6 Å². The minimum absolute atomic E-state index is 0.00118.